The first-order chi connectivity index (χ1) is 7.60. The zero-order valence-corrected chi connectivity index (χ0v) is 9.86. The van der Waals surface area contributed by atoms with Gasteiger partial charge in [0.2, 0.25) is 0 Å². The Morgan fingerprint density at radius 2 is 2.44 bits per heavy atom. The number of amides is 1. The topological polar surface area (TPSA) is 82.2 Å². The number of nitrogens with zero attached hydrogens (tertiary/aromatic N) is 2. The molecule has 1 amide bonds. The normalized spacial score (nSPS) is 12.4. The van der Waals surface area contributed by atoms with Gasteiger partial charge in [-0.05, 0) is 13.8 Å². The minimum atomic E-state index is -0.221. The molecule has 1 rings (SSSR count). The van der Waals surface area contributed by atoms with Crippen molar-refractivity contribution >= 4 is 11.6 Å². The summed E-state index contributed by atoms with van der Waals surface area (Å²) in [7, 11) is 1.59. The Bertz CT molecular complexity index is 362. The highest BCUT2D eigenvalue weighted by molar-refractivity contribution is 5.97. The number of aromatic nitrogens is 2. The lowest BCUT2D eigenvalue weighted by Gasteiger charge is -2.13. The summed E-state index contributed by atoms with van der Waals surface area (Å²) in [5, 5.41) is 6.80. The number of ether oxygens (including phenoxy) is 1. The van der Waals surface area contributed by atoms with Gasteiger partial charge in [0.1, 0.15) is 5.69 Å². The molecule has 1 atom stereocenters. The van der Waals surface area contributed by atoms with Crippen LogP contribution in [0.5, 0.6) is 0 Å². The van der Waals surface area contributed by atoms with E-state index in [4.69, 9.17) is 10.5 Å². The molecule has 0 bridgehead atoms. The van der Waals surface area contributed by atoms with Crippen LogP contribution in [-0.4, -0.2) is 35.4 Å². The molecule has 0 aliphatic rings. The number of nitrogens with one attached hydrogen (secondary N) is 1. The Hall–Kier alpha value is -1.56. The third kappa shape index (κ3) is 2.73. The molecule has 0 saturated carbocycles. The Morgan fingerprint density at radius 1 is 1.75 bits per heavy atom. The fraction of sp³-hybridized carbons (Fsp3) is 0.600. The van der Waals surface area contributed by atoms with Crippen molar-refractivity contribution in [3.05, 3.63) is 11.9 Å². The van der Waals surface area contributed by atoms with Crippen molar-refractivity contribution < 1.29 is 9.53 Å². The average Bonchev–Trinajstić information content (AvgIpc) is 2.59. The van der Waals surface area contributed by atoms with Gasteiger partial charge in [-0.3, -0.25) is 9.48 Å². The van der Waals surface area contributed by atoms with E-state index in [2.05, 4.69) is 10.4 Å². The molecule has 1 aromatic rings. The van der Waals surface area contributed by atoms with Crippen LogP contribution in [0.4, 0.5) is 5.69 Å². The van der Waals surface area contributed by atoms with Crippen LogP contribution in [0.1, 0.15) is 24.3 Å². The summed E-state index contributed by atoms with van der Waals surface area (Å²) < 4.78 is 6.51. The lowest BCUT2D eigenvalue weighted by atomic mass is 10.3. The number of rotatable bonds is 5. The molecule has 6 heteroatoms. The first-order valence-electron chi connectivity index (χ1n) is 5.21. The van der Waals surface area contributed by atoms with E-state index in [-0.39, 0.29) is 11.9 Å². The molecule has 0 saturated heterocycles. The van der Waals surface area contributed by atoms with Crippen LogP contribution in [0.3, 0.4) is 0 Å². The smallest absolute Gasteiger partial charge is 0.271 e. The molecule has 16 heavy (non-hydrogen) atoms. The van der Waals surface area contributed by atoms with Crippen molar-refractivity contribution in [2.24, 2.45) is 0 Å². The third-order valence-corrected chi connectivity index (χ3v) is 2.18. The second kappa shape index (κ2) is 5.50. The summed E-state index contributed by atoms with van der Waals surface area (Å²) in [6, 6.07) is -0.0582. The molecular weight excluding hydrogens is 208 g/mol. The van der Waals surface area contributed by atoms with Gasteiger partial charge in [0.05, 0.1) is 18.5 Å². The molecule has 0 aliphatic heterocycles. The zero-order valence-electron chi connectivity index (χ0n) is 9.86. The number of anilines is 1. The predicted octanol–water partition coefficient (Wildman–Crippen LogP) is 0.250. The van der Waals surface area contributed by atoms with Gasteiger partial charge in [-0.2, -0.15) is 5.10 Å². The maximum Gasteiger partial charge on any atom is 0.271 e. The zero-order chi connectivity index (χ0) is 12.1. The van der Waals surface area contributed by atoms with E-state index in [0.29, 0.717) is 24.5 Å². The molecule has 1 unspecified atom stereocenters. The molecule has 6 nitrogen and oxygen atoms in total. The van der Waals surface area contributed by atoms with Gasteiger partial charge < -0.3 is 15.8 Å². The van der Waals surface area contributed by atoms with E-state index >= 15 is 0 Å². The van der Waals surface area contributed by atoms with Gasteiger partial charge in [-0.15, -0.1) is 0 Å². The monoisotopic (exact) mass is 226 g/mol. The highest BCUT2D eigenvalue weighted by Gasteiger charge is 2.17. The summed E-state index contributed by atoms with van der Waals surface area (Å²) >= 11 is 0. The summed E-state index contributed by atoms with van der Waals surface area (Å²) in [6.07, 6.45) is 1.49. The number of hydrogen-bond acceptors (Lipinski definition) is 4. The number of carbonyl (C=O) groups excluding carboxylic acids is 1. The number of nitrogen functional groups attached to an aromatic ring is 1. The van der Waals surface area contributed by atoms with Gasteiger partial charge in [-0.25, -0.2) is 0 Å². The van der Waals surface area contributed by atoms with Crippen LogP contribution in [0, 0.1) is 0 Å². The number of carbonyl (C=O) groups is 1. The van der Waals surface area contributed by atoms with Crippen LogP contribution in [0.15, 0.2) is 6.20 Å². The van der Waals surface area contributed by atoms with Gasteiger partial charge in [0.25, 0.3) is 5.91 Å². The number of aryl methyl sites for hydroxylation is 1. The van der Waals surface area contributed by atoms with Crippen molar-refractivity contribution in [2.75, 3.05) is 19.5 Å². The maximum atomic E-state index is 11.9. The Labute approximate surface area is 94.8 Å². The molecule has 3 N–H and O–H groups in total. The fourth-order valence-corrected chi connectivity index (χ4v) is 1.47. The molecule has 0 aliphatic carbocycles. The number of methoxy groups -OCH3 is 1. The molecule has 0 aromatic carbocycles. The van der Waals surface area contributed by atoms with Crippen LogP contribution < -0.4 is 11.1 Å². The summed E-state index contributed by atoms with van der Waals surface area (Å²) in [4.78, 5) is 11.9. The second-order valence-corrected chi connectivity index (χ2v) is 3.59. The molecular formula is C10H18N4O2. The van der Waals surface area contributed by atoms with Crippen molar-refractivity contribution in [3.8, 4) is 0 Å². The molecule has 1 aromatic heterocycles. The van der Waals surface area contributed by atoms with E-state index < -0.39 is 0 Å². The second-order valence-electron chi connectivity index (χ2n) is 3.59. The summed E-state index contributed by atoms with van der Waals surface area (Å²) in [6.45, 7) is 4.84. The standard InChI is InChI=1S/C10H18N4O2/c1-4-14-9(8(11)5-12-14)10(15)13-7(2)6-16-3/h5,7H,4,6,11H2,1-3H3,(H,13,15). The molecule has 0 fully saturated rings. The van der Waals surface area contributed by atoms with E-state index in [1.807, 2.05) is 13.8 Å². The van der Waals surface area contributed by atoms with Crippen molar-refractivity contribution in [2.45, 2.75) is 26.4 Å². The Balaban J connectivity index is 2.75. The van der Waals surface area contributed by atoms with Gasteiger partial charge in [0, 0.05) is 19.7 Å². The lowest BCUT2D eigenvalue weighted by molar-refractivity contribution is 0.0896. The van der Waals surface area contributed by atoms with Crippen LogP contribution in [0.2, 0.25) is 0 Å². The lowest BCUT2D eigenvalue weighted by Crippen LogP contribution is -2.37. The highest BCUT2D eigenvalue weighted by atomic mass is 16.5. The van der Waals surface area contributed by atoms with E-state index in [1.165, 1.54) is 6.20 Å². The minimum absolute atomic E-state index is 0.0582. The van der Waals surface area contributed by atoms with E-state index in [0.717, 1.165) is 0 Å². The largest absolute Gasteiger partial charge is 0.396 e. The van der Waals surface area contributed by atoms with Crippen molar-refractivity contribution in [3.63, 3.8) is 0 Å². The van der Waals surface area contributed by atoms with Crippen LogP contribution in [0.25, 0.3) is 0 Å². The van der Waals surface area contributed by atoms with Gasteiger partial charge in [0.15, 0.2) is 0 Å². The first kappa shape index (κ1) is 12.5. The maximum absolute atomic E-state index is 11.9. The van der Waals surface area contributed by atoms with Crippen molar-refractivity contribution in [1.82, 2.24) is 15.1 Å². The Morgan fingerprint density at radius 3 is 3.00 bits per heavy atom. The first-order valence-corrected chi connectivity index (χ1v) is 5.21. The van der Waals surface area contributed by atoms with Gasteiger partial charge in [-0.1, -0.05) is 0 Å². The van der Waals surface area contributed by atoms with E-state index in [9.17, 15) is 4.79 Å². The molecule has 90 valence electrons. The molecule has 1 heterocycles. The van der Waals surface area contributed by atoms with Gasteiger partial charge >= 0.3 is 0 Å². The van der Waals surface area contributed by atoms with Crippen LogP contribution >= 0.6 is 0 Å². The number of nitrogens with two attached hydrogens (primary N) is 1. The predicted molar refractivity (Wildman–Crippen MR) is 61.1 cm³/mol. The SMILES string of the molecule is CCn1ncc(N)c1C(=O)NC(C)COC. The number of hydrogen-bond donors (Lipinski definition) is 2. The van der Waals surface area contributed by atoms with Crippen molar-refractivity contribution in [1.29, 1.82) is 0 Å². The molecule has 0 radical (unpaired) electrons. The third-order valence-electron chi connectivity index (χ3n) is 2.18. The highest BCUT2D eigenvalue weighted by Crippen LogP contribution is 2.10. The summed E-state index contributed by atoms with van der Waals surface area (Å²) in [5.41, 5.74) is 6.49. The summed E-state index contributed by atoms with van der Waals surface area (Å²) in [5.74, 6) is -0.221. The molecule has 0 spiro atoms. The van der Waals surface area contributed by atoms with Crippen LogP contribution in [-0.2, 0) is 11.3 Å². The average molecular weight is 226 g/mol. The van der Waals surface area contributed by atoms with E-state index in [1.54, 1.807) is 11.8 Å². The Kier molecular flexibility index (Phi) is 4.30. The quantitative estimate of drug-likeness (QED) is 0.754. The fourth-order valence-electron chi connectivity index (χ4n) is 1.47. The minimum Gasteiger partial charge on any atom is -0.396 e.